The number of rotatable bonds is 6. The van der Waals surface area contributed by atoms with Gasteiger partial charge in [-0.1, -0.05) is 37.3 Å². The number of carbonyl (C=O) groups excluding carboxylic acids is 1. The van der Waals surface area contributed by atoms with Gasteiger partial charge in [0.05, 0.1) is 7.11 Å². The maximum absolute atomic E-state index is 12.3. The lowest BCUT2D eigenvalue weighted by Crippen LogP contribution is -2.24. The third kappa shape index (κ3) is 4.02. The third-order valence-electron chi connectivity index (χ3n) is 4.63. The highest BCUT2D eigenvalue weighted by Crippen LogP contribution is 2.24. The molecule has 2 aromatic carbocycles. The molecule has 0 bridgehead atoms. The molecule has 134 valence electrons. The summed E-state index contributed by atoms with van der Waals surface area (Å²) in [7, 11) is 1.63. The maximum Gasteiger partial charge on any atom is 0.275 e. The molecule has 1 amide bonds. The number of aryl methyl sites for hydroxylation is 3. The van der Waals surface area contributed by atoms with Crippen LogP contribution < -0.4 is 10.1 Å². The van der Waals surface area contributed by atoms with Crippen LogP contribution in [0.1, 0.15) is 35.6 Å². The standard InChI is InChI=1S/C22H24N2O2/c1-4-16-9-11-20(26-3)18(13-16)14-19-22(25)24-21(23-19)12-10-17-8-6-5-7-15(17)2/h5-9,11,13-14H,4,10,12H2,1-3H3,(H,23,24,25)/b19-14+. The van der Waals surface area contributed by atoms with Gasteiger partial charge < -0.3 is 10.1 Å². The summed E-state index contributed by atoms with van der Waals surface area (Å²) in [4.78, 5) is 16.8. The Kier molecular flexibility index (Phi) is 5.52. The van der Waals surface area contributed by atoms with Crippen LogP contribution >= 0.6 is 0 Å². The Morgan fingerprint density at radius 3 is 2.69 bits per heavy atom. The molecule has 1 aliphatic rings. The van der Waals surface area contributed by atoms with E-state index in [0.29, 0.717) is 12.1 Å². The van der Waals surface area contributed by atoms with Gasteiger partial charge >= 0.3 is 0 Å². The van der Waals surface area contributed by atoms with Crippen LogP contribution in [0.5, 0.6) is 5.75 Å². The summed E-state index contributed by atoms with van der Waals surface area (Å²) in [6.45, 7) is 4.20. The molecule has 0 fully saturated rings. The SMILES string of the molecule is CCc1ccc(OC)c(/C=C2/N=C(CCc3ccccc3C)NC2=O)c1. The first kappa shape index (κ1) is 17.9. The number of amides is 1. The van der Waals surface area contributed by atoms with E-state index in [1.54, 1.807) is 13.2 Å². The van der Waals surface area contributed by atoms with Gasteiger partial charge in [-0.2, -0.15) is 0 Å². The van der Waals surface area contributed by atoms with Crippen molar-refractivity contribution in [3.63, 3.8) is 0 Å². The average molecular weight is 348 g/mol. The minimum atomic E-state index is -0.159. The molecule has 0 atom stereocenters. The molecule has 26 heavy (non-hydrogen) atoms. The highest BCUT2D eigenvalue weighted by molar-refractivity contribution is 6.14. The summed E-state index contributed by atoms with van der Waals surface area (Å²) in [5, 5.41) is 2.88. The molecule has 0 spiro atoms. The Morgan fingerprint density at radius 1 is 1.15 bits per heavy atom. The number of benzene rings is 2. The fraction of sp³-hybridized carbons (Fsp3) is 0.273. The second kappa shape index (κ2) is 8.00. The van der Waals surface area contributed by atoms with Gasteiger partial charge in [-0.05, 0) is 54.7 Å². The fourth-order valence-corrected chi connectivity index (χ4v) is 3.04. The minimum Gasteiger partial charge on any atom is -0.496 e. The molecule has 1 aliphatic heterocycles. The lowest BCUT2D eigenvalue weighted by atomic mass is 10.0. The first-order valence-electron chi connectivity index (χ1n) is 8.92. The first-order chi connectivity index (χ1) is 12.6. The zero-order valence-electron chi connectivity index (χ0n) is 15.5. The molecular formula is C22H24N2O2. The molecule has 0 saturated carbocycles. The molecule has 1 heterocycles. The van der Waals surface area contributed by atoms with E-state index in [1.165, 1.54) is 16.7 Å². The molecular weight excluding hydrogens is 324 g/mol. The van der Waals surface area contributed by atoms with Crippen molar-refractivity contribution in [2.75, 3.05) is 7.11 Å². The minimum absolute atomic E-state index is 0.159. The Bertz CT molecular complexity index is 881. The predicted molar refractivity (Wildman–Crippen MR) is 105 cm³/mol. The van der Waals surface area contributed by atoms with Gasteiger partial charge in [-0.25, -0.2) is 4.99 Å². The number of carbonyl (C=O) groups is 1. The van der Waals surface area contributed by atoms with E-state index in [9.17, 15) is 4.79 Å². The molecule has 1 N–H and O–H groups in total. The lowest BCUT2D eigenvalue weighted by Gasteiger charge is -2.07. The molecule has 0 saturated heterocycles. The van der Waals surface area contributed by atoms with E-state index < -0.39 is 0 Å². The van der Waals surface area contributed by atoms with Crippen molar-refractivity contribution >= 4 is 17.8 Å². The second-order valence-corrected chi connectivity index (χ2v) is 6.40. The number of hydrogen-bond donors (Lipinski definition) is 1. The van der Waals surface area contributed by atoms with Crippen molar-refractivity contribution in [1.82, 2.24) is 5.32 Å². The van der Waals surface area contributed by atoms with E-state index in [2.05, 4.69) is 36.3 Å². The quantitative estimate of drug-likeness (QED) is 0.800. The van der Waals surface area contributed by atoms with Crippen molar-refractivity contribution in [3.8, 4) is 5.75 Å². The van der Waals surface area contributed by atoms with E-state index in [0.717, 1.165) is 30.0 Å². The van der Waals surface area contributed by atoms with Crippen LogP contribution in [0.3, 0.4) is 0 Å². The third-order valence-corrected chi connectivity index (χ3v) is 4.63. The molecule has 0 aliphatic carbocycles. The number of methoxy groups -OCH3 is 1. The predicted octanol–water partition coefficient (Wildman–Crippen LogP) is 4.07. The number of ether oxygens (including phenoxy) is 1. The van der Waals surface area contributed by atoms with Gasteiger partial charge in [0.15, 0.2) is 0 Å². The summed E-state index contributed by atoms with van der Waals surface area (Å²) < 4.78 is 5.41. The Morgan fingerprint density at radius 2 is 1.96 bits per heavy atom. The summed E-state index contributed by atoms with van der Waals surface area (Å²) in [5.41, 5.74) is 5.03. The summed E-state index contributed by atoms with van der Waals surface area (Å²) in [6, 6.07) is 14.3. The lowest BCUT2D eigenvalue weighted by molar-refractivity contribution is -0.115. The zero-order chi connectivity index (χ0) is 18.5. The fourth-order valence-electron chi connectivity index (χ4n) is 3.04. The van der Waals surface area contributed by atoms with Crippen molar-refractivity contribution in [2.24, 2.45) is 4.99 Å². The van der Waals surface area contributed by atoms with Crippen molar-refractivity contribution in [1.29, 1.82) is 0 Å². The maximum atomic E-state index is 12.3. The Balaban J connectivity index is 1.79. The summed E-state index contributed by atoms with van der Waals surface area (Å²) in [6.07, 6.45) is 4.29. The highest BCUT2D eigenvalue weighted by Gasteiger charge is 2.20. The van der Waals surface area contributed by atoms with Crippen LogP contribution in [0.25, 0.3) is 6.08 Å². The molecule has 3 rings (SSSR count). The summed E-state index contributed by atoms with van der Waals surface area (Å²) in [5.74, 6) is 1.30. The largest absolute Gasteiger partial charge is 0.496 e. The van der Waals surface area contributed by atoms with Crippen molar-refractivity contribution in [3.05, 3.63) is 70.4 Å². The van der Waals surface area contributed by atoms with E-state index in [1.807, 2.05) is 30.3 Å². The first-order valence-corrected chi connectivity index (χ1v) is 8.92. The van der Waals surface area contributed by atoms with Crippen LogP contribution in [-0.4, -0.2) is 18.9 Å². The highest BCUT2D eigenvalue weighted by atomic mass is 16.5. The number of nitrogens with one attached hydrogen (secondary N) is 1. The number of hydrogen-bond acceptors (Lipinski definition) is 3. The Hall–Kier alpha value is -2.88. The molecule has 0 unspecified atom stereocenters. The van der Waals surface area contributed by atoms with Crippen molar-refractivity contribution in [2.45, 2.75) is 33.1 Å². The molecule has 0 radical (unpaired) electrons. The van der Waals surface area contributed by atoms with Gasteiger partial charge in [-0.15, -0.1) is 0 Å². The normalized spacial score (nSPS) is 15.1. The van der Waals surface area contributed by atoms with Gasteiger partial charge in [-0.3, -0.25) is 4.79 Å². The van der Waals surface area contributed by atoms with Crippen LogP contribution in [0, 0.1) is 6.92 Å². The monoisotopic (exact) mass is 348 g/mol. The van der Waals surface area contributed by atoms with Crippen molar-refractivity contribution < 1.29 is 9.53 Å². The number of aliphatic imine (C=N–C) groups is 1. The molecule has 2 aromatic rings. The number of nitrogens with zero attached hydrogens (tertiary/aromatic N) is 1. The van der Waals surface area contributed by atoms with Gasteiger partial charge in [0.25, 0.3) is 5.91 Å². The van der Waals surface area contributed by atoms with Crippen LogP contribution in [-0.2, 0) is 17.6 Å². The van der Waals surface area contributed by atoms with E-state index >= 15 is 0 Å². The summed E-state index contributed by atoms with van der Waals surface area (Å²) >= 11 is 0. The van der Waals surface area contributed by atoms with Crippen LogP contribution in [0.2, 0.25) is 0 Å². The van der Waals surface area contributed by atoms with Crippen LogP contribution in [0.4, 0.5) is 0 Å². The van der Waals surface area contributed by atoms with Crippen LogP contribution in [0.15, 0.2) is 53.2 Å². The zero-order valence-corrected chi connectivity index (χ0v) is 15.5. The number of amidine groups is 1. The van der Waals surface area contributed by atoms with E-state index in [4.69, 9.17) is 4.74 Å². The van der Waals surface area contributed by atoms with E-state index in [-0.39, 0.29) is 5.91 Å². The molecule has 4 heteroatoms. The van der Waals surface area contributed by atoms with Gasteiger partial charge in [0, 0.05) is 12.0 Å². The second-order valence-electron chi connectivity index (χ2n) is 6.40. The van der Waals surface area contributed by atoms with Gasteiger partial charge in [0.1, 0.15) is 17.3 Å². The molecule has 4 nitrogen and oxygen atoms in total. The molecule has 0 aromatic heterocycles. The topological polar surface area (TPSA) is 50.7 Å². The smallest absolute Gasteiger partial charge is 0.275 e. The Labute approximate surface area is 154 Å². The van der Waals surface area contributed by atoms with Gasteiger partial charge in [0.2, 0.25) is 0 Å². The average Bonchev–Trinajstić information content (AvgIpc) is 3.00.